The predicted octanol–water partition coefficient (Wildman–Crippen LogP) is 3.40. The fraction of sp³-hybridized carbons (Fsp3) is 0.400. The quantitative estimate of drug-likeness (QED) is 0.817. The largest absolute Gasteiger partial charge is 0.462 e. The van der Waals surface area contributed by atoms with Crippen molar-refractivity contribution in [2.45, 2.75) is 33.2 Å². The van der Waals surface area contributed by atoms with Crippen LogP contribution in [0.5, 0.6) is 0 Å². The number of amides is 1. The summed E-state index contributed by atoms with van der Waals surface area (Å²) in [7, 11) is 2.06. The number of carbonyl (C=O) groups is 2. The van der Waals surface area contributed by atoms with Crippen LogP contribution >= 0.6 is 11.3 Å². The number of nitrogens with one attached hydrogen (secondary N) is 1. The summed E-state index contributed by atoms with van der Waals surface area (Å²) < 4.78 is 5.24. The molecular formula is C20H24N2O3S. The maximum atomic E-state index is 12.5. The van der Waals surface area contributed by atoms with Gasteiger partial charge in [0, 0.05) is 18.0 Å². The molecule has 5 nitrogen and oxygen atoms in total. The van der Waals surface area contributed by atoms with Crippen LogP contribution in [0.1, 0.15) is 38.8 Å². The standard InChI is InChI=1S/C20H24N2O3S/c1-4-25-20(24)18-15-8-9-22(3)12-16(15)26-19(18)21-17(23)11-14-7-5-6-13(2)10-14/h5-7,10H,4,8-9,11-12H2,1-3H3,(H,21,23). The van der Waals surface area contributed by atoms with Crippen LogP contribution in [0.2, 0.25) is 0 Å². The van der Waals surface area contributed by atoms with Gasteiger partial charge in [-0.05, 0) is 38.4 Å². The minimum atomic E-state index is -0.347. The number of rotatable bonds is 5. The molecule has 138 valence electrons. The van der Waals surface area contributed by atoms with E-state index in [2.05, 4.69) is 17.3 Å². The van der Waals surface area contributed by atoms with Gasteiger partial charge in [-0.1, -0.05) is 29.8 Å². The van der Waals surface area contributed by atoms with Gasteiger partial charge in [-0.2, -0.15) is 0 Å². The van der Waals surface area contributed by atoms with Crippen LogP contribution in [-0.4, -0.2) is 37.0 Å². The molecule has 2 heterocycles. The molecule has 0 aliphatic carbocycles. The lowest BCUT2D eigenvalue weighted by atomic mass is 10.0. The van der Waals surface area contributed by atoms with Gasteiger partial charge in [-0.25, -0.2) is 4.79 Å². The van der Waals surface area contributed by atoms with Crippen LogP contribution in [-0.2, 0) is 28.9 Å². The van der Waals surface area contributed by atoms with E-state index in [0.29, 0.717) is 17.2 Å². The second-order valence-electron chi connectivity index (χ2n) is 6.63. The normalized spacial score (nSPS) is 14.0. The lowest BCUT2D eigenvalue weighted by molar-refractivity contribution is -0.115. The lowest BCUT2D eigenvalue weighted by Gasteiger charge is -2.22. The first kappa shape index (κ1) is 18.6. The van der Waals surface area contributed by atoms with E-state index >= 15 is 0 Å². The lowest BCUT2D eigenvalue weighted by Crippen LogP contribution is -2.26. The molecule has 0 spiro atoms. The highest BCUT2D eigenvalue weighted by atomic mass is 32.1. The average Bonchev–Trinajstić information content (AvgIpc) is 2.91. The van der Waals surface area contributed by atoms with Crippen molar-refractivity contribution in [2.24, 2.45) is 0 Å². The first-order valence-electron chi connectivity index (χ1n) is 8.83. The van der Waals surface area contributed by atoms with Crippen molar-refractivity contribution in [3.8, 4) is 0 Å². The Balaban J connectivity index is 1.84. The second-order valence-corrected chi connectivity index (χ2v) is 7.74. The Bertz CT molecular complexity index is 828. The fourth-order valence-electron chi connectivity index (χ4n) is 3.22. The van der Waals surface area contributed by atoms with Gasteiger partial charge in [-0.3, -0.25) is 4.79 Å². The fourth-order valence-corrected chi connectivity index (χ4v) is 4.55. The van der Waals surface area contributed by atoms with Crippen LogP contribution in [0, 0.1) is 6.92 Å². The third-order valence-electron chi connectivity index (χ3n) is 4.43. The van der Waals surface area contributed by atoms with Crippen molar-refractivity contribution in [3.63, 3.8) is 0 Å². The van der Waals surface area contributed by atoms with Crippen molar-refractivity contribution >= 4 is 28.2 Å². The number of fused-ring (bicyclic) bond motifs is 1. The molecule has 1 aliphatic rings. The van der Waals surface area contributed by atoms with E-state index in [1.54, 1.807) is 6.92 Å². The number of hydrogen-bond acceptors (Lipinski definition) is 5. The monoisotopic (exact) mass is 372 g/mol. The van der Waals surface area contributed by atoms with Crippen molar-refractivity contribution in [1.29, 1.82) is 0 Å². The number of nitrogens with zero attached hydrogens (tertiary/aromatic N) is 1. The maximum Gasteiger partial charge on any atom is 0.341 e. The van der Waals surface area contributed by atoms with Crippen LogP contribution in [0.3, 0.4) is 0 Å². The molecule has 0 unspecified atom stereocenters. The van der Waals surface area contributed by atoms with E-state index < -0.39 is 0 Å². The number of likely N-dealkylation sites (N-methyl/N-ethyl adjacent to an activating group) is 1. The molecule has 1 aromatic carbocycles. The molecule has 0 saturated heterocycles. The topological polar surface area (TPSA) is 58.6 Å². The number of ether oxygens (including phenoxy) is 1. The van der Waals surface area contributed by atoms with Crippen LogP contribution in [0.4, 0.5) is 5.00 Å². The molecule has 1 aromatic heterocycles. The molecular weight excluding hydrogens is 348 g/mol. The van der Waals surface area contributed by atoms with Crippen LogP contribution in [0.15, 0.2) is 24.3 Å². The molecule has 2 aromatic rings. The van der Waals surface area contributed by atoms with Gasteiger partial charge in [0.25, 0.3) is 0 Å². The number of anilines is 1. The van der Waals surface area contributed by atoms with Gasteiger partial charge < -0.3 is 15.0 Å². The summed E-state index contributed by atoms with van der Waals surface area (Å²) in [5, 5.41) is 3.56. The van der Waals surface area contributed by atoms with Gasteiger partial charge >= 0.3 is 5.97 Å². The predicted molar refractivity (Wildman–Crippen MR) is 104 cm³/mol. The number of esters is 1. The Hall–Kier alpha value is -2.18. The van der Waals surface area contributed by atoms with Gasteiger partial charge in [0.2, 0.25) is 5.91 Å². The molecule has 1 amide bonds. The smallest absolute Gasteiger partial charge is 0.341 e. The zero-order valence-electron chi connectivity index (χ0n) is 15.4. The number of aryl methyl sites for hydroxylation is 1. The molecule has 26 heavy (non-hydrogen) atoms. The number of thiophene rings is 1. The van der Waals surface area contributed by atoms with Crippen molar-refractivity contribution in [3.05, 3.63) is 51.4 Å². The average molecular weight is 372 g/mol. The minimum Gasteiger partial charge on any atom is -0.462 e. The Kier molecular flexibility index (Phi) is 5.74. The van der Waals surface area contributed by atoms with Gasteiger partial charge in [0.15, 0.2) is 0 Å². The van der Waals surface area contributed by atoms with Gasteiger partial charge in [0.1, 0.15) is 5.00 Å². The third kappa shape index (κ3) is 4.14. The summed E-state index contributed by atoms with van der Waals surface area (Å²) in [6, 6.07) is 7.89. The highest BCUT2D eigenvalue weighted by Crippen LogP contribution is 2.37. The van der Waals surface area contributed by atoms with Crippen molar-refractivity contribution in [2.75, 3.05) is 25.5 Å². The van der Waals surface area contributed by atoms with Gasteiger partial charge in [0.05, 0.1) is 18.6 Å². The summed E-state index contributed by atoms with van der Waals surface area (Å²) in [4.78, 5) is 28.4. The summed E-state index contributed by atoms with van der Waals surface area (Å²) >= 11 is 1.49. The zero-order valence-corrected chi connectivity index (χ0v) is 16.2. The number of benzene rings is 1. The minimum absolute atomic E-state index is 0.117. The van der Waals surface area contributed by atoms with Crippen molar-refractivity contribution < 1.29 is 14.3 Å². The van der Waals surface area contributed by atoms with Gasteiger partial charge in [-0.15, -0.1) is 11.3 Å². The first-order valence-corrected chi connectivity index (χ1v) is 9.65. The van der Waals surface area contributed by atoms with E-state index in [9.17, 15) is 9.59 Å². The summed E-state index contributed by atoms with van der Waals surface area (Å²) in [5.41, 5.74) is 3.65. The molecule has 1 aliphatic heterocycles. The molecule has 1 N–H and O–H groups in total. The summed E-state index contributed by atoms with van der Waals surface area (Å²) in [6.07, 6.45) is 1.08. The van der Waals surface area contributed by atoms with Crippen LogP contribution < -0.4 is 5.32 Å². The molecule has 0 saturated carbocycles. The Morgan fingerprint density at radius 3 is 2.88 bits per heavy atom. The maximum absolute atomic E-state index is 12.5. The summed E-state index contributed by atoms with van der Waals surface area (Å²) in [6.45, 7) is 5.80. The molecule has 0 fully saturated rings. The summed E-state index contributed by atoms with van der Waals surface area (Å²) in [5.74, 6) is -0.464. The zero-order chi connectivity index (χ0) is 18.7. The SMILES string of the molecule is CCOC(=O)c1c(NC(=O)Cc2cccc(C)c2)sc2c1CCN(C)C2. The number of carbonyl (C=O) groups excluding carboxylic acids is 2. The first-order chi connectivity index (χ1) is 12.5. The van der Waals surface area contributed by atoms with Crippen LogP contribution in [0.25, 0.3) is 0 Å². The van der Waals surface area contributed by atoms with E-state index in [1.165, 1.54) is 11.3 Å². The molecule has 3 rings (SSSR count). The van der Waals surface area contributed by atoms with E-state index in [-0.39, 0.29) is 18.3 Å². The highest BCUT2D eigenvalue weighted by molar-refractivity contribution is 7.17. The Morgan fingerprint density at radius 2 is 2.15 bits per heavy atom. The van der Waals surface area contributed by atoms with Crippen molar-refractivity contribution in [1.82, 2.24) is 4.90 Å². The Morgan fingerprint density at radius 1 is 1.35 bits per heavy atom. The molecule has 0 atom stereocenters. The van der Waals surface area contributed by atoms with E-state index in [1.807, 2.05) is 31.2 Å². The Labute approximate surface area is 158 Å². The molecule has 0 bridgehead atoms. The van der Waals surface area contributed by atoms with E-state index in [0.717, 1.165) is 41.1 Å². The second kappa shape index (κ2) is 8.01. The molecule has 6 heteroatoms. The third-order valence-corrected chi connectivity index (χ3v) is 5.56. The van der Waals surface area contributed by atoms with E-state index in [4.69, 9.17) is 4.74 Å². The number of hydrogen-bond donors (Lipinski definition) is 1. The highest BCUT2D eigenvalue weighted by Gasteiger charge is 2.28. The molecule has 0 radical (unpaired) electrons.